The molecule has 0 bridgehead atoms. The van der Waals surface area contributed by atoms with E-state index in [1.807, 2.05) is 0 Å². The second-order valence-corrected chi connectivity index (χ2v) is 5.71. The van der Waals surface area contributed by atoms with Crippen LogP contribution in [-0.4, -0.2) is 30.5 Å². The second-order valence-electron chi connectivity index (χ2n) is 4.57. The van der Waals surface area contributed by atoms with Crippen molar-refractivity contribution in [2.75, 3.05) is 13.1 Å². The first kappa shape index (κ1) is 18.1. The SMILES string of the molecule is Cl.O=C(NC1CCNCC1)c1ccc(SC(F)(F)F)cc1. The molecule has 118 valence electrons. The topological polar surface area (TPSA) is 41.1 Å². The Morgan fingerprint density at radius 1 is 1.19 bits per heavy atom. The molecule has 0 saturated carbocycles. The Bertz CT molecular complexity index is 461. The lowest BCUT2D eigenvalue weighted by Gasteiger charge is -2.23. The zero-order chi connectivity index (χ0) is 14.6. The van der Waals surface area contributed by atoms with Crippen molar-refractivity contribution in [3.63, 3.8) is 0 Å². The zero-order valence-electron chi connectivity index (χ0n) is 11.1. The Kier molecular flexibility index (Phi) is 6.83. The summed E-state index contributed by atoms with van der Waals surface area (Å²) in [6.07, 6.45) is 1.74. The Morgan fingerprint density at radius 2 is 1.76 bits per heavy atom. The minimum atomic E-state index is -4.31. The lowest BCUT2D eigenvalue weighted by molar-refractivity contribution is -0.0328. The third kappa shape index (κ3) is 6.15. The summed E-state index contributed by atoms with van der Waals surface area (Å²) in [4.78, 5) is 12.0. The molecule has 1 aromatic rings. The number of alkyl halides is 3. The molecule has 0 atom stereocenters. The van der Waals surface area contributed by atoms with Crippen LogP contribution in [0, 0.1) is 0 Å². The number of hydrogen-bond acceptors (Lipinski definition) is 3. The number of piperidine rings is 1. The molecule has 3 nitrogen and oxygen atoms in total. The van der Waals surface area contributed by atoms with E-state index in [9.17, 15) is 18.0 Å². The fraction of sp³-hybridized carbons (Fsp3) is 0.462. The van der Waals surface area contributed by atoms with Crippen molar-refractivity contribution in [3.05, 3.63) is 29.8 Å². The van der Waals surface area contributed by atoms with Crippen molar-refractivity contribution >= 4 is 30.1 Å². The van der Waals surface area contributed by atoms with Crippen molar-refractivity contribution in [3.8, 4) is 0 Å². The van der Waals surface area contributed by atoms with E-state index in [1.165, 1.54) is 24.3 Å². The van der Waals surface area contributed by atoms with Gasteiger partial charge in [-0.25, -0.2) is 0 Å². The average Bonchev–Trinajstić information content (AvgIpc) is 2.39. The summed E-state index contributed by atoms with van der Waals surface area (Å²) in [5, 5.41) is 6.09. The van der Waals surface area contributed by atoms with Crippen LogP contribution in [0.15, 0.2) is 29.2 Å². The Labute approximate surface area is 131 Å². The van der Waals surface area contributed by atoms with E-state index in [0.717, 1.165) is 25.9 Å². The molecule has 2 rings (SSSR count). The number of amides is 1. The third-order valence-corrected chi connectivity index (χ3v) is 3.76. The maximum Gasteiger partial charge on any atom is 0.446 e. The van der Waals surface area contributed by atoms with Crippen LogP contribution in [0.3, 0.4) is 0 Å². The average molecular weight is 341 g/mol. The van der Waals surface area contributed by atoms with Gasteiger partial charge in [-0.05, 0) is 62.0 Å². The summed E-state index contributed by atoms with van der Waals surface area (Å²) in [7, 11) is 0. The van der Waals surface area contributed by atoms with Gasteiger partial charge >= 0.3 is 5.51 Å². The van der Waals surface area contributed by atoms with Gasteiger partial charge in [-0.3, -0.25) is 4.79 Å². The summed E-state index contributed by atoms with van der Waals surface area (Å²) < 4.78 is 36.6. The highest BCUT2D eigenvalue weighted by molar-refractivity contribution is 8.00. The fourth-order valence-corrected chi connectivity index (χ4v) is 2.58. The van der Waals surface area contributed by atoms with Crippen LogP contribution in [0.1, 0.15) is 23.2 Å². The zero-order valence-corrected chi connectivity index (χ0v) is 12.7. The van der Waals surface area contributed by atoms with Crippen molar-refractivity contribution < 1.29 is 18.0 Å². The molecule has 1 heterocycles. The van der Waals surface area contributed by atoms with Crippen LogP contribution in [0.4, 0.5) is 13.2 Å². The summed E-state index contributed by atoms with van der Waals surface area (Å²) in [6, 6.07) is 5.60. The quantitative estimate of drug-likeness (QED) is 0.830. The van der Waals surface area contributed by atoms with Gasteiger partial charge in [0.05, 0.1) is 0 Å². The highest BCUT2D eigenvalue weighted by atomic mass is 35.5. The number of carbonyl (C=O) groups is 1. The van der Waals surface area contributed by atoms with Crippen LogP contribution in [0.25, 0.3) is 0 Å². The number of rotatable bonds is 3. The Balaban J connectivity index is 0.00000220. The van der Waals surface area contributed by atoms with E-state index in [0.29, 0.717) is 5.56 Å². The van der Waals surface area contributed by atoms with Crippen LogP contribution in [0.5, 0.6) is 0 Å². The molecule has 1 aliphatic heterocycles. The molecule has 1 aromatic carbocycles. The predicted octanol–water partition coefficient (Wildman–Crippen LogP) is 3.20. The smallest absolute Gasteiger partial charge is 0.349 e. The summed E-state index contributed by atoms with van der Waals surface area (Å²) in [5.74, 6) is -0.236. The normalized spacial score (nSPS) is 16.1. The molecule has 0 unspecified atom stereocenters. The minimum Gasteiger partial charge on any atom is -0.349 e. The van der Waals surface area contributed by atoms with Gasteiger partial charge in [-0.1, -0.05) is 0 Å². The van der Waals surface area contributed by atoms with E-state index in [2.05, 4.69) is 10.6 Å². The van der Waals surface area contributed by atoms with Crippen molar-refractivity contribution in [2.24, 2.45) is 0 Å². The molecule has 1 saturated heterocycles. The first-order valence-electron chi connectivity index (χ1n) is 6.31. The molecular formula is C13H16ClF3N2OS. The van der Waals surface area contributed by atoms with Gasteiger partial charge in [0, 0.05) is 16.5 Å². The monoisotopic (exact) mass is 340 g/mol. The van der Waals surface area contributed by atoms with E-state index in [4.69, 9.17) is 0 Å². The number of benzene rings is 1. The van der Waals surface area contributed by atoms with Gasteiger partial charge < -0.3 is 10.6 Å². The van der Waals surface area contributed by atoms with Crippen molar-refractivity contribution in [1.82, 2.24) is 10.6 Å². The van der Waals surface area contributed by atoms with Crippen LogP contribution in [0.2, 0.25) is 0 Å². The van der Waals surface area contributed by atoms with E-state index in [-0.39, 0.29) is 41.0 Å². The number of nitrogens with one attached hydrogen (secondary N) is 2. The van der Waals surface area contributed by atoms with Gasteiger partial charge in [0.15, 0.2) is 0 Å². The fourth-order valence-electron chi connectivity index (χ4n) is 2.04. The molecule has 0 aliphatic carbocycles. The van der Waals surface area contributed by atoms with Gasteiger partial charge in [0.25, 0.3) is 5.91 Å². The van der Waals surface area contributed by atoms with E-state index < -0.39 is 5.51 Å². The molecule has 0 radical (unpaired) electrons. The predicted molar refractivity (Wildman–Crippen MR) is 79.0 cm³/mol. The molecule has 0 aromatic heterocycles. The molecule has 1 aliphatic rings. The summed E-state index contributed by atoms with van der Waals surface area (Å²) >= 11 is -0.183. The minimum absolute atomic E-state index is 0. The largest absolute Gasteiger partial charge is 0.446 e. The maximum atomic E-state index is 12.2. The molecule has 0 spiro atoms. The molecular weight excluding hydrogens is 325 g/mol. The standard InChI is InChI=1S/C13H15F3N2OS.ClH/c14-13(15,16)20-11-3-1-9(2-4-11)12(19)18-10-5-7-17-8-6-10;/h1-4,10,17H,5-8H2,(H,18,19);1H. The maximum absolute atomic E-state index is 12.2. The van der Waals surface area contributed by atoms with Crippen LogP contribution in [-0.2, 0) is 0 Å². The Morgan fingerprint density at radius 3 is 2.29 bits per heavy atom. The van der Waals surface area contributed by atoms with Crippen molar-refractivity contribution in [2.45, 2.75) is 29.3 Å². The molecule has 1 fully saturated rings. The lowest BCUT2D eigenvalue weighted by Crippen LogP contribution is -2.42. The van der Waals surface area contributed by atoms with Crippen LogP contribution < -0.4 is 10.6 Å². The molecule has 2 N–H and O–H groups in total. The molecule has 1 amide bonds. The van der Waals surface area contributed by atoms with Gasteiger partial charge in [0.2, 0.25) is 0 Å². The summed E-state index contributed by atoms with van der Waals surface area (Å²) in [6.45, 7) is 1.73. The lowest BCUT2D eigenvalue weighted by atomic mass is 10.1. The second kappa shape index (κ2) is 7.91. The summed E-state index contributed by atoms with van der Waals surface area (Å²) in [5.41, 5.74) is -3.92. The first-order valence-corrected chi connectivity index (χ1v) is 7.13. The van der Waals surface area contributed by atoms with Gasteiger partial charge in [-0.15, -0.1) is 12.4 Å². The van der Waals surface area contributed by atoms with Gasteiger partial charge in [-0.2, -0.15) is 13.2 Å². The molecule has 8 heteroatoms. The third-order valence-electron chi connectivity index (χ3n) is 3.02. The number of halogens is 4. The van der Waals surface area contributed by atoms with Crippen LogP contribution >= 0.6 is 24.2 Å². The van der Waals surface area contributed by atoms with E-state index >= 15 is 0 Å². The Hall–Kier alpha value is -0.920. The number of thioether (sulfide) groups is 1. The highest BCUT2D eigenvalue weighted by Crippen LogP contribution is 2.36. The number of carbonyl (C=O) groups excluding carboxylic acids is 1. The van der Waals surface area contributed by atoms with Gasteiger partial charge in [0.1, 0.15) is 0 Å². The van der Waals surface area contributed by atoms with Crippen molar-refractivity contribution in [1.29, 1.82) is 0 Å². The highest BCUT2D eigenvalue weighted by Gasteiger charge is 2.29. The molecule has 21 heavy (non-hydrogen) atoms. The van der Waals surface area contributed by atoms with E-state index in [1.54, 1.807) is 0 Å². The number of hydrogen-bond donors (Lipinski definition) is 2. The first-order chi connectivity index (χ1) is 9.44.